The van der Waals surface area contributed by atoms with Gasteiger partial charge < -0.3 is 15.2 Å². The Balaban J connectivity index is 2.04. The Labute approximate surface area is 123 Å². The van der Waals surface area contributed by atoms with Crippen LogP contribution < -0.4 is 10.1 Å². The quantitative estimate of drug-likeness (QED) is 0.829. The van der Waals surface area contributed by atoms with Gasteiger partial charge in [0.05, 0.1) is 0 Å². The highest BCUT2D eigenvalue weighted by Gasteiger charge is 2.00. The fourth-order valence-electron chi connectivity index (χ4n) is 1.76. The van der Waals surface area contributed by atoms with Gasteiger partial charge in [-0.3, -0.25) is 4.79 Å². The number of amides is 1. The fourth-order valence-corrected chi connectivity index (χ4v) is 1.76. The lowest BCUT2D eigenvalue weighted by atomic mass is 10.2. The number of hydrogen-bond acceptors (Lipinski definition) is 3. The molecule has 2 N–H and O–H groups in total. The van der Waals surface area contributed by atoms with E-state index in [1.807, 2.05) is 54.6 Å². The topological polar surface area (TPSA) is 58.6 Å². The summed E-state index contributed by atoms with van der Waals surface area (Å²) in [5.74, 6) is 1.18. The van der Waals surface area contributed by atoms with E-state index in [1.165, 1.54) is 13.0 Å². The number of aliphatic hydroxyl groups excluding tert-OH is 1. The number of carbonyl (C=O) groups is 1. The van der Waals surface area contributed by atoms with E-state index in [-0.39, 0.29) is 5.91 Å². The lowest BCUT2D eigenvalue weighted by molar-refractivity contribution is -0.121. The second kappa shape index (κ2) is 7.26. The second-order valence-electron chi connectivity index (χ2n) is 4.49. The van der Waals surface area contributed by atoms with Crippen LogP contribution in [0.15, 0.2) is 60.7 Å². The first-order chi connectivity index (χ1) is 10.1. The van der Waals surface area contributed by atoms with Crippen LogP contribution in [0.2, 0.25) is 0 Å². The van der Waals surface area contributed by atoms with Crippen molar-refractivity contribution in [1.82, 2.24) is 5.32 Å². The Kier molecular flexibility index (Phi) is 5.12. The third kappa shape index (κ3) is 5.12. The molecule has 0 aromatic heterocycles. The smallest absolute Gasteiger partial charge is 0.219 e. The molecular formula is C17H17NO3. The highest BCUT2D eigenvalue weighted by Crippen LogP contribution is 2.22. The van der Waals surface area contributed by atoms with Crippen LogP contribution in [0.5, 0.6) is 11.5 Å². The van der Waals surface area contributed by atoms with E-state index in [9.17, 15) is 9.90 Å². The van der Waals surface area contributed by atoms with E-state index >= 15 is 0 Å². The monoisotopic (exact) mass is 283 g/mol. The third-order valence-electron chi connectivity index (χ3n) is 2.66. The Hall–Kier alpha value is -2.59. The lowest BCUT2D eigenvalue weighted by Crippen LogP contribution is -2.30. The number of rotatable bonds is 5. The van der Waals surface area contributed by atoms with Crippen molar-refractivity contribution >= 4 is 12.0 Å². The maximum Gasteiger partial charge on any atom is 0.219 e. The molecule has 2 aromatic carbocycles. The predicted octanol–water partition coefficient (Wildman–Crippen LogP) is 2.95. The van der Waals surface area contributed by atoms with Gasteiger partial charge in [0.15, 0.2) is 0 Å². The highest BCUT2D eigenvalue weighted by atomic mass is 16.5. The molecule has 2 aromatic rings. The Morgan fingerprint density at radius 1 is 1.14 bits per heavy atom. The molecule has 2 rings (SSSR count). The highest BCUT2D eigenvalue weighted by molar-refractivity contribution is 5.73. The number of hydrogen-bond donors (Lipinski definition) is 2. The van der Waals surface area contributed by atoms with Gasteiger partial charge in [0.25, 0.3) is 0 Å². The number of benzene rings is 2. The average Bonchev–Trinajstić information content (AvgIpc) is 2.46. The minimum atomic E-state index is -0.999. The van der Waals surface area contributed by atoms with E-state index in [0.717, 1.165) is 11.3 Å². The summed E-state index contributed by atoms with van der Waals surface area (Å²) >= 11 is 0. The molecule has 0 aliphatic rings. The van der Waals surface area contributed by atoms with Crippen LogP contribution in [0.3, 0.4) is 0 Å². The molecule has 4 nitrogen and oxygen atoms in total. The van der Waals surface area contributed by atoms with Gasteiger partial charge in [-0.1, -0.05) is 36.4 Å². The number of para-hydroxylation sites is 1. The standard InChI is InChI=1S/C17H17NO3/c1-13(19)18-17(20)11-10-14-6-5-9-16(12-14)21-15-7-3-2-4-8-15/h2-12,17,20H,1H3,(H,18,19)/b11-10+. The van der Waals surface area contributed by atoms with Crippen molar-refractivity contribution in [2.75, 3.05) is 0 Å². The van der Waals surface area contributed by atoms with E-state index in [2.05, 4.69) is 5.32 Å². The zero-order valence-corrected chi connectivity index (χ0v) is 11.7. The Morgan fingerprint density at radius 3 is 2.57 bits per heavy atom. The Morgan fingerprint density at radius 2 is 1.86 bits per heavy atom. The first-order valence-electron chi connectivity index (χ1n) is 6.60. The number of carbonyl (C=O) groups excluding carboxylic acids is 1. The minimum Gasteiger partial charge on any atom is -0.457 e. The van der Waals surface area contributed by atoms with E-state index in [4.69, 9.17) is 4.74 Å². The van der Waals surface area contributed by atoms with Crippen LogP contribution in [0, 0.1) is 0 Å². The summed E-state index contributed by atoms with van der Waals surface area (Å²) in [6.07, 6.45) is 2.22. The zero-order chi connectivity index (χ0) is 15.1. The van der Waals surface area contributed by atoms with Crippen LogP contribution in [0.1, 0.15) is 12.5 Å². The molecular weight excluding hydrogens is 266 g/mol. The Bertz CT molecular complexity index is 623. The SMILES string of the molecule is CC(=O)NC(O)/C=C/c1cccc(Oc2ccccc2)c1. The molecule has 0 spiro atoms. The van der Waals surface area contributed by atoms with Crippen LogP contribution in [0.25, 0.3) is 6.08 Å². The van der Waals surface area contributed by atoms with Crippen molar-refractivity contribution in [2.24, 2.45) is 0 Å². The molecule has 21 heavy (non-hydrogen) atoms. The lowest BCUT2D eigenvalue weighted by Gasteiger charge is -2.07. The molecule has 1 unspecified atom stereocenters. The van der Waals surface area contributed by atoms with Crippen molar-refractivity contribution in [1.29, 1.82) is 0 Å². The second-order valence-corrected chi connectivity index (χ2v) is 4.49. The van der Waals surface area contributed by atoms with Gasteiger partial charge in [-0.15, -0.1) is 0 Å². The summed E-state index contributed by atoms with van der Waals surface area (Å²) in [6, 6.07) is 16.9. The summed E-state index contributed by atoms with van der Waals surface area (Å²) < 4.78 is 5.72. The van der Waals surface area contributed by atoms with E-state index in [1.54, 1.807) is 6.08 Å². The van der Waals surface area contributed by atoms with Crippen LogP contribution >= 0.6 is 0 Å². The normalized spacial score (nSPS) is 12.1. The number of ether oxygens (including phenoxy) is 1. The molecule has 0 saturated carbocycles. The molecule has 0 aliphatic carbocycles. The van der Waals surface area contributed by atoms with Crippen LogP contribution in [-0.2, 0) is 4.79 Å². The molecule has 0 bridgehead atoms. The maximum absolute atomic E-state index is 10.8. The first-order valence-corrected chi connectivity index (χ1v) is 6.60. The molecule has 0 radical (unpaired) electrons. The molecule has 0 aliphatic heterocycles. The molecule has 1 amide bonds. The van der Waals surface area contributed by atoms with Gasteiger partial charge in [0.1, 0.15) is 17.7 Å². The summed E-state index contributed by atoms with van der Waals surface area (Å²) in [5, 5.41) is 11.9. The van der Waals surface area contributed by atoms with Crippen LogP contribution in [-0.4, -0.2) is 17.2 Å². The molecule has 0 fully saturated rings. The van der Waals surface area contributed by atoms with E-state index < -0.39 is 6.23 Å². The maximum atomic E-state index is 10.8. The van der Waals surface area contributed by atoms with Crippen molar-refractivity contribution in [3.63, 3.8) is 0 Å². The van der Waals surface area contributed by atoms with Gasteiger partial charge in [-0.05, 0) is 35.9 Å². The summed E-state index contributed by atoms with van der Waals surface area (Å²) in [5.41, 5.74) is 0.868. The van der Waals surface area contributed by atoms with Gasteiger partial charge in [-0.2, -0.15) is 0 Å². The number of nitrogens with one attached hydrogen (secondary N) is 1. The van der Waals surface area contributed by atoms with Crippen molar-refractivity contribution in [2.45, 2.75) is 13.2 Å². The van der Waals surface area contributed by atoms with Crippen molar-refractivity contribution < 1.29 is 14.6 Å². The molecule has 1 atom stereocenters. The zero-order valence-electron chi connectivity index (χ0n) is 11.7. The van der Waals surface area contributed by atoms with Gasteiger partial charge in [-0.25, -0.2) is 0 Å². The summed E-state index contributed by atoms with van der Waals surface area (Å²) in [7, 11) is 0. The minimum absolute atomic E-state index is 0.284. The van der Waals surface area contributed by atoms with Crippen molar-refractivity contribution in [3.8, 4) is 11.5 Å². The fraction of sp³-hybridized carbons (Fsp3) is 0.118. The number of aliphatic hydroxyl groups is 1. The third-order valence-corrected chi connectivity index (χ3v) is 2.66. The predicted molar refractivity (Wildman–Crippen MR) is 81.8 cm³/mol. The molecule has 4 heteroatoms. The molecule has 108 valence electrons. The van der Waals surface area contributed by atoms with E-state index in [0.29, 0.717) is 5.75 Å². The largest absolute Gasteiger partial charge is 0.457 e. The van der Waals surface area contributed by atoms with Crippen LogP contribution in [0.4, 0.5) is 0 Å². The molecule has 0 heterocycles. The van der Waals surface area contributed by atoms with Gasteiger partial charge in [0, 0.05) is 6.92 Å². The molecule has 0 saturated heterocycles. The summed E-state index contributed by atoms with van der Waals surface area (Å²) in [6.45, 7) is 1.35. The average molecular weight is 283 g/mol. The van der Waals surface area contributed by atoms with Gasteiger partial charge in [0.2, 0.25) is 5.91 Å². The first kappa shape index (κ1) is 14.8. The summed E-state index contributed by atoms with van der Waals surface area (Å²) in [4.78, 5) is 10.8. The van der Waals surface area contributed by atoms with Crippen molar-refractivity contribution in [3.05, 3.63) is 66.2 Å². The van der Waals surface area contributed by atoms with Gasteiger partial charge >= 0.3 is 0 Å².